The van der Waals surface area contributed by atoms with Crippen LogP contribution in [0.25, 0.3) is 0 Å². The van der Waals surface area contributed by atoms with Crippen molar-refractivity contribution in [3.63, 3.8) is 0 Å². The number of halogens is 2. The van der Waals surface area contributed by atoms with Gasteiger partial charge in [0, 0.05) is 0 Å². The van der Waals surface area contributed by atoms with E-state index in [2.05, 4.69) is 0 Å². The summed E-state index contributed by atoms with van der Waals surface area (Å²) in [5, 5.41) is 0. The van der Waals surface area contributed by atoms with Crippen LogP contribution in [0.3, 0.4) is 0 Å². The Morgan fingerprint density at radius 3 is 1.25 bits per heavy atom. The Morgan fingerprint density at radius 2 is 1.25 bits per heavy atom. The average molecular weight is 201 g/mol. The number of hydrogen-bond donors (Lipinski definition) is 0. The van der Waals surface area contributed by atoms with Crippen LogP contribution in [0.5, 0.6) is 0 Å². The van der Waals surface area contributed by atoms with Crippen molar-refractivity contribution in [2.24, 2.45) is 0 Å². The fourth-order valence-electron chi connectivity index (χ4n) is 0. The zero-order chi connectivity index (χ0) is 0. The third kappa shape index (κ3) is 8.99. The molecule has 2 radical (unpaired) electrons. The monoisotopic (exact) mass is 202 g/mol. The summed E-state index contributed by atoms with van der Waals surface area (Å²) in [5.74, 6) is 0. The molecule has 0 nitrogen and oxygen atoms in total. The Morgan fingerprint density at radius 1 is 1.25 bits per heavy atom. The molecule has 0 unspecified atom stereocenters. The molecular weight excluding hydrogens is 196 g/mol. The summed E-state index contributed by atoms with van der Waals surface area (Å²) in [6.45, 7) is 0. The van der Waals surface area contributed by atoms with Gasteiger partial charge < -0.3 is 1.43 Å². The first-order chi connectivity index (χ1) is 0. The van der Waals surface area contributed by atoms with Crippen molar-refractivity contribution in [1.29, 1.82) is 0 Å². The van der Waals surface area contributed by atoms with Crippen LogP contribution in [0.1, 0.15) is 1.43 Å². The van der Waals surface area contributed by atoms with Crippen molar-refractivity contribution in [3.8, 4) is 0 Å². The van der Waals surface area contributed by atoms with Crippen LogP contribution in [-0.2, 0) is 0 Å². The third-order valence-corrected chi connectivity index (χ3v) is 0. The molecule has 0 aliphatic carbocycles. The van der Waals surface area contributed by atoms with Crippen LogP contribution in [0.4, 0.5) is 4.70 Å². The molecule has 0 fully saturated rings. The van der Waals surface area contributed by atoms with Gasteiger partial charge in [-0.2, -0.15) is 0 Å². The molecule has 0 aromatic heterocycles. The zero-order valence-corrected chi connectivity index (χ0v) is 9.38. The van der Waals surface area contributed by atoms with E-state index in [9.17, 15) is 0 Å². The van der Waals surface area contributed by atoms with E-state index < -0.39 is 0 Å². The Bertz CT molecular complexity index is 11.6. The molecule has 0 N–H and O–H groups in total. The molecule has 0 aliphatic rings. The summed E-state index contributed by atoms with van der Waals surface area (Å²) in [7, 11) is 0. The fourth-order valence-corrected chi connectivity index (χ4v) is 0. The number of rotatable bonds is 0. The molecule has 4 heteroatoms. The minimum atomic E-state index is 0. The van der Waals surface area contributed by atoms with Crippen LogP contribution in [-0.4, -0.2) is 23.9 Å². The van der Waals surface area contributed by atoms with Crippen molar-refractivity contribution in [2.45, 2.75) is 0 Å². The van der Waals surface area contributed by atoms with E-state index >= 15 is 0 Å². The second kappa shape index (κ2) is 19.9. The maximum atomic E-state index is 0. The summed E-state index contributed by atoms with van der Waals surface area (Å²) in [4.78, 5) is 0. The van der Waals surface area contributed by atoms with Gasteiger partial charge in [-0.05, 0) is 0 Å². The van der Waals surface area contributed by atoms with Gasteiger partial charge in [0.2, 0.25) is 0 Å². The van der Waals surface area contributed by atoms with E-state index in [0.717, 1.165) is 0 Å². The molecule has 24 valence electrons. The SMILES string of the molecule is Cl.F.[H-].[Na+].[SnH2]. The fraction of sp³-hybridized carbons (Fsp3) is 0. The maximum absolute atomic E-state index is 0. The van der Waals surface area contributed by atoms with Crippen LogP contribution in [0.15, 0.2) is 0 Å². The predicted octanol–water partition coefficient (Wildman–Crippen LogP) is -3.23. The van der Waals surface area contributed by atoms with Gasteiger partial charge in [-0.15, -0.1) is 12.4 Å². The van der Waals surface area contributed by atoms with Gasteiger partial charge in [0.25, 0.3) is 0 Å². The summed E-state index contributed by atoms with van der Waals surface area (Å²) in [6, 6.07) is 0. The van der Waals surface area contributed by atoms with Crippen molar-refractivity contribution in [3.05, 3.63) is 0 Å². The molecular formula is H5ClFNaSn. The molecule has 0 saturated heterocycles. The second-order valence-corrected chi connectivity index (χ2v) is 0. The first kappa shape index (κ1) is 37.2. The van der Waals surface area contributed by atoms with Crippen molar-refractivity contribution in [2.75, 3.05) is 0 Å². The Kier molecular flexibility index (Phi) is 185. The van der Waals surface area contributed by atoms with Crippen LogP contribution < -0.4 is 29.6 Å². The summed E-state index contributed by atoms with van der Waals surface area (Å²) < 4.78 is 0. The molecule has 0 aliphatic heterocycles. The van der Waals surface area contributed by atoms with Gasteiger partial charge in [0.15, 0.2) is 0 Å². The quantitative estimate of drug-likeness (QED) is 0.362. The average Bonchev–Trinajstić information content (AvgIpc) is 0. The van der Waals surface area contributed by atoms with E-state index in [1.54, 1.807) is 0 Å². The van der Waals surface area contributed by atoms with Crippen molar-refractivity contribution < 1.29 is 35.7 Å². The molecule has 4 heavy (non-hydrogen) atoms. The Balaban J connectivity index is 0. The van der Waals surface area contributed by atoms with E-state index in [4.69, 9.17) is 0 Å². The number of hydrogen-bond acceptors (Lipinski definition) is 0. The minimum absolute atomic E-state index is 0. The van der Waals surface area contributed by atoms with Gasteiger partial charge >= 0.3 is 53.5 Å². The van der Waals surface area contributed by atoms with Crippen LogP contribution in [0.2, 0.25) is 0 Å². The van der Waals surface area contributed by atoms with Crippen molar-refractivity contribution >= 4 is 36.3 Å². The van der Waals surface area contributed by atoms with Gasteiger partial charge in [0.1, 0.15) is 0 Å². The van der Waals surface area contributed by atoms with E-state index in [1.165, 1.54) is 0 Å². The molecule has 0 amide bonds. The molecule has 0 aromatic carbocycles. The third-order valence-electron chi connectivity index (χ3n) is 0. The van der Waals surface area contributed by atoms with Gasteiger partial charge in [0.05, 0.1) is 0 Å². The molecule has 0 spiro atoms. The van der Waals surface area contributed by atoms with E-state index in [-0.39, 0.29) is 72.0 Å². The zero-order valence-electron chi connectivity index (χ0n) is 3.52. The molecule has 0 rings (SSSR count). The Hall–Kier alpha value is 2.02. The molecule has 0 aromatic rings. The summed E-state index contributed by atoms with van der Waals surface area (Å²) in [5.41, 5.74) is 0. The van der Waals surface area contributed by atoms with Gasteiger partial charge in [-0.25, -0.2) is 0 Å². The normalized spacial score (nSPS) is 0. The second-order valence-electron chi connectivity index (χ2n) is 0. The van der Waals surface area contributed by atoms with Gasteiger partial charge in [-0.1, -0.05) is 0 Å². The molecule has 0 bridgehead atoms. The van der Waals surface area contributed by atoms with Gasteiger partial charge in [-0.3, -0.25) is 4.70 Å². The first-order valence-electron chi connectivity index (χ1n) is 0. The van der Waals surface area contributed by atoms with Crippen LogP contribution >= 0.6 is 12.4 Å². The predicted molar refractivity (Wildman–Crippen MR) is 19.4 cm³/mol. The first-order valence-corrected chi connectivity index (χ1v) is 0. The summed E-state index contributed by atoms with van der Waals surface area (Å²) in [6.07, 6.45) is 0. The molecule has 0 heterocycles. The Labute approximate surface area is 71.2 Å². The van der Waals surface area contributed by atoms with E-state index in [0.29, 0.717) is 0 Å². The van der Waals surface area contributed by atoms with E-state index in [1.807, 2.05) is 0 Å². The van der Waals surface area contributed by atoms with Crippen molar-refractivity contribution in [1.82, 2.24) is 0 Å². The molecule has 0 atom stereocenters. The molecule has 0 saturated carbocycles. The summed E-state index contributed by atoms with van der Waals surface area (Å²) >= 11 is 0. The standard InChI is InChI=1S/ClH.FH.Na.Sn.3H/h2*1H;;;;;/q;;+1;;;;-1. The topological polar surface area (TPSA) is 0 Å². The van der Waals surface area contributed by atoms with Crippen LogP contribution in [0, 0.1) is 0 Å².